The van der Waals surface area contributed by atoms with Gasteiger partial charge in [-0.15, -0.1) is 0 Å². The lowest BCUT2D eigenvalue weighted by Crippen LogP contribution is -2.34. The molecule has 5 nitrogen and oxygen atoms in total. The molecule has 3 N–H and O–H groups in total. The van der Waals surface area contributed by atoms with Gasteiger partial charge in [0, 0.05) is 16.8 Å². The maximum absolute atomic E-state index is 13.2. The number of nitrogens with one attached hydrogen (secondary N) is 2. The summed E-state index contributed by atoms with van der Waals surface area (Å²) in [4.78, 5) is 12.0. The van der Waals surface area contributed by atoms with Crippen molar-refractivity contribution < 1.29 is 18.7 Å². The van der Waals surface area contributed by atoms with Crippen LogP contribution in [0.4, 0.5) is 10.1 Å². The van der Waals surface area contributed by atoms with Gasteiger partial charge in [-0.05, 0) is 66.8 Å². The molecule has 0 radical (unpaired) electrons. The number of carbonyl (C=O) groups is 1. The monoisotopic (exact) mass is 370 g/mol. The summed E-state index contributed by atoms with van der Waals surface area (Å²) < 4.78 is 18.6. The molecule has 0 aliphatic rings. The van der Waals surface area contributed by atoms with Crippen molar-refractivity contribution >= 4 is 28.9 Å². The van der Waals surface area contributed by atoms with Gasteiger partial charge in [-0.2, -0.15) is 0 Å². The van der Waals surface area contributed by atoms with E-state index in [1.807, 2.05) is 12.1 Å². The number of hydrogen-bond donors (Lipinski definition) is 3. The van der Waals surface area contributed by atoms with Crippen molar-refractivity contribution in [3.05, 3.63) is 77.8 Å². The minimum atomic E-state index is -0.495. The number of amides is 1. The molecule has 0 atom stereocenters. The van der Waals surface area contributed by atoms with E-state index in [0.29, 0.717) is 17.2 Å². The summed E-state index contributed by atoms with van der Waals surface area (Å²) in [7, 11) is 0. The molecule has 0 bridgehead atoms. The first-order valence-electron chi connectivity index (χ1n) is 7.73. The highest BCUT2D eigenvalue weighted by atomic mass is 32.1. The van der Waals surface area contributed by atoms with Crippen LogP contribution >= 0.6 is 12.2 Å². The zero-order valence-electron chi connectivity index (χ0n) is 13.5. The molecule has 0 aliphatic carbocycles. The van der Waals surface area contributed by atoms with Crippen molar-refractivity contribution in [1.82, 2.24) is 5.32 Å². The second kappa shape index (κ2) is 7.90. The Bertz CT molecular complexity index is 938. The van der Waals surface area contributed by atoms with Crippen molar-refractivity contribution in [3.8, 4) is 11.3 Å². The first kappa shape index (κ1) is 17.8. The van der Waals surface area contributed by atoms with Crippen molar-refractivity contribution in [2.24, 2.45) is 0 Å². The van der Waals surface area contributed by atoms with Crippen LogP contribution in [-0.2, 0) is 6.61 Å². The largest absolute Gasteiger partial charge is 0.459 e. The van der Waals surface area contributed by atoms with E-state index in [1.165, 1.54) is 18.2 Å². The summed E-state index contributed by atoms with van der Waals surface area (Å²) in [6, 6.07) is 16.0. The van der Waals surface area contributed by atoms with E-state index in [-0.39, 0.29) is 17.3 Å². The number of carbonyl (C=O) groups excluding carboxylic acids is 1. The molecule has 1 aromatic heterocycles. The Hall–Kier alpha value is -3.03. The van der Waals surface area contributed by atoms with E-state index >= 15 is 0 Å². The third-order valence-corrected chi connectivity index (χ3v) is 3.76. The van der Waals surface area contributed by atoms with Crippen LogP contribution in [0.3, 0.4) is 0 Å². The van der Waals surface area contributed by atoms with Gasteiger partial charge >= 0.3 is 0 Å². The van der Waals surface area contributed by atoms with E-state index in [9.17, 15) is 9.18 Å². The lowest BCUT2D eigenvalue weighted by atomic mass is 10.1. The molecule has 0 aliphatic heterocycles. The van der Waals surface area contributed by atoms with Crippen LogP contribution in [0.25, 0.3) is 11.3 Å². The number of rotatable bonds is 4. The fraction of sp³-hybridized carbons (Fsp3) is 0.0526. The molecule has 1 amide bonds. The zero-order valence-corrected chi connectivity index (χ0v) is 14.3. The quantitative estimate of drug-likeness (QED) is 0.611. The van der Waals surface area contributed by atoms with Gasteiger partial charge < -0.3 is 14.8 Å². The molecule has 26 heavy (non-hydrogen) atoms. The fourth-order valence-electron chi connectivity index (χ4n) is 2.30. The molecule has 7 heteroatoms. The molecule has 2 aromatic carbocycles. The number of benzene rings is 2. The predicted molar refractivity (Wildman–Crippen MR) is 100 cm³/mol. The Morgan fingerprint density at radius 1 is 1.12 bits per heavy atom. The zero-order chi connectivity index (χ0) is 18.5. The van der Waals surface area contributed by atoms with E-state index in [0.717, 1.165) is 11.6 Å². The van der Waals surface area contributed by atoms with Gasteiger partial charge in [-0.1, -0.05) is 6.07 Å². The van der Waals surface area contributed by atoms with Crippen LogP contribution in [0, 0.1) is 5.82 Å². The summed E-state index contributed by atoms with van der Waals surface area (Å²) in [6.45, 7) is -0.154. The highest BCUT2D eigenvalue weighted by molar-refractivity contribution is 7.80. The fourth-order valence-corrected chi connectivity index (χ4v) is 2.51. The number of aliphatic hydroxyl groups is 1. The summed E-state index contributed by atoms with van der Waals surface area (Å²) >= 11 is 5.11. The molecule has 0 unspecified atom stereocenters. The van der Waals surface area contributed by atoms with Crippen LogP contribution < -0.4 is 10.6 Å². The molecular formula is C19H15FN2O3S. The number of anilines is 1. The third-order valence-electron chi connectivity index (χ3n) is 3.56. The van der Waals surface area contributed by atoms with Gasteiger partial charge in [-0.25, -0.2) is 4.39 Å². The van der Waals surface area contributed by atoms with Crippen molar-refractivity contribution in [3.63, 3.8) is 0 Å². The molecule has 132 valence electrons. The smallest absolute Gasteiger partial charge is 0.257 e. The van der Waals surface area contributed by atoms with Crippen LogP contribution in [0.5, 0.6) is 0 Å². The second-order valence-electron chi connectivity index (χ2n) is 5.42. The highest BCUT2D eigenvalue weighted by Crippen LogP contribution is 2.23. The van der Waals surface area contributed by atoms with E-state index in [1.54, 1.807) is 24.3 Å². The standard InChI is InChI=1S/C19H15FN2O3S/c20-14-3-1-2-13(10-14)18(24)22-19(26)21-15-6-4-12(5-7-15)17-9-8-16(11-23)25-17/h1-10,23H,11H2,(H2,21,22,24,26). The Labute approximate surface area is 154 Å². The SMILES string of the molecule is O=C(NC(=S)Nc1ccc(-c2ccc(CO)o2)cc1)c1cccc(F)c1. The van der Waals surface area contributed by atoms with Gasteiger partial charge in [0.1, 0.15) is 23.9 Å². The lowest BCUT2D eigenvalue weighted by Gasteiger charge is -2.10. The Balaban J connectivity index is 1.61. The Morgan fingerprint density at radius 2 is 1.88 bits per heavy atom. The van der Waals surface area contributed by atoms with Gasteiger partial charge in [-0.3, -0.25) is 10.1 Å². The summed E-state index contributed by atoms with van der Waals surface area (Å²) in [5.74, 6) is 0.145. The maximum Gasteiger partial charge on any atom is 0.257 e. The van der Waals surface area contributed by atoms with Gasteiger partial charge in [0.15, 0.2) is 5.11 Å². The van der Waals surface area contributed by atoms with Crippen molar-refractivity contribution in [1.29, 1.82) is 0 Å². The van der Waals surface area contributed by atoms with Crippen LogP contribution in [-0.4, -0.2) is 16.1 Å². The molecule has 0 fully saturated rings. The van der Waals surface area contributed by atoms with E-state index in [2.05, 4.69) is 10.6 Å². The third kappa shape index (κ3) is 4.33. The molecular weight excluding hydrogens is 355 g/mol. The maximum atomic E-state index is 13.2. The summed E-state index contributed by atoms with van der Waals surface area (Å²) in [5.41, 5.74) is 1.69. The molecule has 0 saturated carbocycles. The molecule has 3 rings (SSSR count). The van der Waals surface area contributed by atoms with Gasteiger partial charge in [0.05, 0.1) is 0 Å². The van der Waals surface area contributed by atoms with Gasteiger partial charge in [0.25, 0.3) is 5.91 Å². The highest BCUT2D eigenvalue weighted by Gasteiger charge is 2.09. The average Bonchev–Trinajstić information content (AvgIpc) is 3.11. The Kier molecular flexibility index (Phi) is 5.40. The van der Waals surface area contributed by atoms with Gasteiger partial charge in [0.2, 0.25) is 0 Å². The Morgan fingerprint density at radius 3 is 2.54 bits per heavy atom. The average molecular weight is 370 g/mol. The van der Waals surface area contributed by atoms with E-state index < -0.39 is 11.7 Å². The number of thiocarbonyl (C=S) groups is 1. The number of aliphatic hydroxyl groups excluding tert-OH is 1. The molecule has 0 spiro atoms. The predicted octanol–water partition coefficient (Wildman–Crippen LogP) is 3.70. The number of hydrogen-bond acceptors (Lipinski definition) is 4. The lowest BCUT2D eigenvalue weighted by molar-refractivity contribution is 0.0977. The number of halogens is 1. The number of furan rings is 1. The molecule has 0 saturated heterocycles. The summed E-state index contributed by atoms with van der Waals surface area (Å²) in [6.07, 6.45) is 0. The normalized spacial score (nSPS) is 10.4. The summed E-state index contributed by atoms with van der Waals surface area (Å²) in [5, 5.41) is 14.5. The molecule has 1 heterocycles. The second-order valence-corrected chi connectivity index (χ2v) is 5.83. The van der Waals surface area contributed by atoms with Crippen molar-refractivity contribution in [2.45, 2.75) is 6.61 Å². The molecule has 3 aromatic rings. The first-order valence-corrected chi connectivity index (χ1v) is 8.14. The minimum absolute atomic E-state index is 0.104. The van der Waals surface area contributed by atoms with Crippen molar-refractivity contribution in [2.75, 3.05) is 5.32 Å². The van der Waals surface area contributed by atoms with Crippen LogP contribution in [0.15, 0.2) is 65.1 Å². The van der Waals surface area contributed by atoms with E-state index in [4.69, 9.17) is 21.7 Å². The topological polar surface area (TPSA) is 74.5 Å². The first-order chi connectivity index (χ1) is 12.5. The minimum Gasteiger partial charge on any atom is -0.459 e. The van der Waals surface area contributed by atoms with Crippen LogP contribution in [0.1, 0.15) is 16.1 Å². The van der Waals surface area contributed by atoms with Crippen LogP contribution in [0.2, 0.25) is 0 Å².